The summed E-state index contributed by atoms with van der Waals surface area (Å²) >= 11 is 5.54. The minimum absolute atomic E-state index is 0.00754. The largest absolute Gasteiger partial charge is 0.495 e. The van der Waals surface area contributed by atoms with Crippen molar-refractivity contribution in [2.75, 3.05) is 35.5 Å². The zero-order valence-corrected chi connectivity index (χ0v) is 23.8. The number of nitrogens with zero attached hydrogens (tertiary/aromatic N) is 2. The van der Waals surface area contributed by atoms with Gasteiger partial charge in [0.15, 0.2) is 5.75 Å². The molecule has 10 nitrogen and oxygen atoms in total. The van der Waals surface area contributed by atoms with Gasteiger partial charge < -0.3 is 28.4 Å². The van der Waals surface area contributed by atoms with E-state index >= 15 is 0 Å². The van der Waals surface area contributed by atoms with Crippen LogP contribution in [0.25, 0.3) is 0 Å². The first kappa shape index (κ1) is 29.2. The molecule has 3 rings (SSSR count). The number of hydrogen-bond acceptors (Lipinski definition) is 10. The van der Waals surface area contributed by atoms with Crippen molar-refractivity contribution in [2.45, 2.75) is 51.6 Å². The van der Waals surface area contributed by atoms with Crippen molar-refractivity contribution >= 4 is 29.3 Å². The van der Waals surface area contributed by atoms with Crippen LogP contribution in [0, 0.1) is 11.8 Å². The Kier molecular flexibility index (Phi) is 9.96. The van der Waals surface area contributed by atoms with E-state index in [9.17, 15) is 9.59 Å². The van der Waals surface area contributed by atoms with Gasteiger partial charge in [-0.2, -0.15) is 0 Å². The van der Waals surface area contributed by atoms with E-state index in [2.05, 4.69) is 18.8 Å². The molecule has 208 valence electrons. The van der Waals surface area contributed by atoms with Gasteiger partial charge in [0.1, 0.15) is 35.1 Å². The quantitative estimate of drug-likeness (QED) is 0.308. The minimum atomic E-state index is -0.712. The van der Waals surface area contributed by atoms with Crippen molar-refractivity contribution in [1.82, 2.24) is 9.55 Å². The first-order valence-electron chi connectivity index (χ1n) is 12.4. The molecule has 0 radical (unpaired) electrons. The molecular weight excluding hydrogens is 512 g/mol. The third-order valence-electron chi connectivity index (χ3n) is 6.87. The van der Waals surface area contributed by atoms with E-state index in [0.29, 0.717) is 17.2 Å². The summed E-state index contributed by atoms with van der Waals surface area (Å²) in [5, 5.41) is 0.307. The predicted octanol–water partition coefficient (Wildman–Crippen LogP) is 4.63. The number of thiocarbonyl (C=S) groups is 1. The molecule has 0 aliphatic heterocycles. The van der Waals surface area contributed by atoms with E-state index in [-0.39, 0.29) is 52.2 Å². The highest BCUT2D eigenvalue weighted by molar-refractivity contribution is 7.80. The lowest BCUT2D eigenvalue weighted by Gasteiger charge is -2.34. The van der Waals surface area contributed by atoms with E-state index in [1.165, 1.54) is 35.5 Å². The van der Waals surface area contributed by atoms with Crippen molar-refractivity contribution in [3.05, 3.63) is 35.4 Å². The third-order valence-corrected chi connectivity index (χ3v) is 7.18. The highest BCUT2D eigenvalue weighted by Gasteiger charge is 2.43. The molecule has 11 heteroatoms. The molecule has 3 atom stereocenters. The second-order valence-corrected chi connectivity index (χ2v) is 9.82. The van der Waals surface area contributed by atoms with Gasteiger partial charge >= 0.3 is 11.9 Å². The molecule has 0 bridgehead atoms. The van der Waals surface area contributed by atoms with Crippen molar-refractivity contribution in [1.29, 1.82) is 0 Å². The number of ether oxygens (including phenoxy) is 6. The molecule has 1 heterocycles. The lowest BCUT2D eigenvalue weighted by Crippen LogP contribution is -2.30. The Hall–Kier alpha value is -3.34. The molecule has 1 aromatic heterocycles. The van der Waals surface area contributed by atoms with Gasteiger partial charge in [-0.25, -0.2) is 14.6 Å². The van der Waals surface area contributed by atoms with Crippen LogP contribution in [-0.4, -0.2) is 68.3 Å². The summed E-state index contributed by atoms with van der Waals surface area (Å²) in [5.74, 6) is -1.00. The molecule has 0 unspecified atom stereocenters. The van der Waals surface area contributed by atoms with Crippen LogP contribution in [0.3, 0.4) is 0 Å². The minimum Gasteiger partial charge on any atom is -0.495 e. The van der Waals surface area contributed by atoms with E-state index in [1.807, 2.05) is 0 Å². The molecule has 2 aromatic rings. The lowest BCUT2D eigenvalue weighted by molar-refractivity contribution is 0.0585. The van der Waals surface area contributed by atoms with Gasteiger partial charge in [-0.3, -0.25) is 4.57 Å². The number of benzene rings is 1. The molecule has 38 heavy (non-hydrogen) atoms. The maximum atomic E-state index is 13.1. The van der Waals surface area contributed by atoms with Crippen LogP contribution in [0.15, 0.2) is 18.7 Å². The smallest absolute Gasteiger partial charge is 0.345 e. The second kappa shape index (κ2) is 12.9. The Morgan fingerprint density at radius 2 is 1.55 bits per heavy atom. The van der Waals surface area contributed by atoms with E-state index in [0.717, 1.165) is 19.3 Å². The third kappa shape index (κ3) is 5.72. The average molecular weight is 549 g/mol. The van der Waals surface area contributed by atoms with Gasteiger partial charge in [0, 0.05) is 23.9 Å². The molecule has 1 aromatic carbocycles. The first-order chi connectivity index (χ1) is 18.2. The Bertz CT molecular complexity index is 1100. The first-order valence-corrected chi connectivity index (χ1v) is 12.9. The SMILES string of the molecule is COC(=O)c1c(OC)c(C(=O)OC)c(OC)c([C@@H](CC(C)C)[C@H]2CCC[C@H]2OC(=S)n2ccnc2)c1OC. The van der Waals surface area contributed by atoms with Crippen molar-refractivity contribution < 1.29 is 38.0 Å². The molecule has 1 fully saturated rings. The summed E-state index contributed by atoms with van der Waals surface area (Å²) in [6, 6.07) is 0. The zero-order chi connectivity index (χ0) is 28.0. The fraction of sp³-hybridized carbons (Fsp3) is 0.556. The van der Waals surface area contributed by atoms with Gasteiger partial charge in [-0.05, 0) is 49.7 Å². The van der Waals surface area contributed by atoms with Crippen molar-refractivity contribution in [3.63, 3.8) is 0 Å². The van der Waals surface area contributed by atoms with Crippen LogP contribution in [0.2, 0.25) is 0 Å². The standard InChI is InChI=1S/C27H36N2O8S/c1-15(2)13-17(16-9-8-10-18(16)37-27(38)29-12-11-28-14-29)19-22(32-3)20(25(30)35-6)24(34-5)21(23(19)33-4)26(31)36-7/h11-12,14-18H,8-10,13H2,1-7H3/t16-,17+,18-/m1/s1. The summed E-state index contributed by atoms with van der Waals surface area (Å²) in [4.78, 5) is 30.2. The van der Waals surface area contributed by atoms with E-state index in [1.54, 1.807) is 23.3 Å². The topological polar surface area (TPSA) is 107 Å². The molecule has 0 saturated heterocycles. The maximum absolute atomic E-state index is 13.1. The molecule has 1 aliphatic carbocycles. The fourth-order valence-corrected chi connectivity index (χ4v) is 5.61. The van der Waals surface area contributed by atoms with Crippen LogP contribution in [0.4, 0.5) is 0 Å². The predicted molar refractivity (Wildman–Crippen MR) is 143 cm³/mol. The molecule has 0 amide bonds. The van der Waals surface area contributed by atoms with Gasteiger partial charge in [0.25, 0.3) is 5.17 Å². The van der Waals surface area contributed by atoms with Crippen LogP contribution in [-0.2, 0) is 14.2 Å². The number of methoxy groups -OCH3 is 5. The summed E-state index contributed by atoms with van der Waals surface area (Å²) in [7, 11) is 6.80. The monoisotopic (exact) mass is 548 g/mol. The summed E-state index contributed by atoms with van der Waals surface area (Å²) < 4.78 is 35.4. The highest BCUT2D eigenvalue weighted by atomic mass is 32.1. The van der Waals surface area contributed by atoms with Crippen molar-refractivity contribution in [3.8, 4) is 17.2 Å². The van der Waals surface area contributed by atoms with Gasteiger partial charge in [-0.1, -0.05) is 13.8 Å². The van der Waals surface area contributed by atoms with Crippen LogP contribution in [0.5, 0.6) is 17.2 Å². The summed E-state index contributed by atoms with van der Waals surface area (Å²) in [5.41, 5.74) is 0.554. The number of imidazole rings is 1. The molecular formula is C27H36N2O8S. The Balaban J connectivity index is 2.28. The Labute approximate surface area is 228 Å². The van der Waals surface area contributed by atoms with Gasteiger partial charge in [0.2, 0.25) is 0 Å². The van der Waals surface area contributed by atoms with Crippen molar-refractivity contribution in [2.24, 2.45) is 11.8 Å². The lowest BCUT2D eigenvalue weighted by atomic mass is 9.76. The maximum Gasteiger partial charge on any atom is 0.345 e. The zero-order valence-electron chi connectivity index (χ0n) is 22.9. The molecule has 0 spiro atoms. The second-order valence-electron chi connectivity index (χ2n) is 9.47. The Morgan fingerprint density at radius 3 is 2.00 bits per heavy atom. The molecule has 1 aliphatic rings. The van der Waals surface area contributed by atoms with E-state index < -0.39 is 11.9 Å². The van der Waals surface area contributed by atoms with E-state index in [4.69, 9.17) is 40.6 Å². The fourth-order valence-electron chi connectivity index (χ4n) is 5.38. The van der Waals surface area contributed by atoms with Gasteiger partial charge in [0.05, 0.1) is 35.5 Å². The summed E-state index contributed by atoms with van der Waals surface area (Å²) in [6.45, 7) is 4.22. The van der Waals surface area contributed by atoms with Crippen LogP contribution < -0.4 is 14.2 Å². The number of rotatable bonds is 10. The van der Waals surface area contributed by atoms with Gasteiger partial charge in [-0.15, -0.1) is 0 Å². The highest BCUT2D eigenvalue weighted by Crippen LogP contribution is 2.53. The number of carbonyl (C=O) groups is 2. The van der Waals surface area contributed by atoms with Crippen LogP contribution in [0.1, 0.15) is 71.7 Å². The average Bonchev–Trinajstić information content (AvgIpc) is 3.61. The summed E-state index contributed by atoms with van der Waals surface area (Å²) in [6.07, 6.45) is 8.01. The molecule has 1 saturated carbocycles. The number of esters is 2. The number of carbonyl (C=O) groups excluding carboxylic acids is 2. The number of hydrogen-bond donors (Lipinski definition) is 0. The Morgan fingerprint density at radius 1 is 0.974 bits per heavy atom. The van der Waals surface area contributed by atoms with Crippen LogP contribution >= 0.6 is 12.2 Å². The normalized spacial score (nSPS) is 17.6. The molecule has 0 N–H and O–H groups in total. The number of aromatic nitrogens is 2.